The third kappa shape index (κ3) is 2.38. The minimum Gasteiger partial charge on any atom is -0.445 e. The average molecular weight is 279 g/mol. The zero-order valence-electron chi connectivity index (χ0n) is 11.2. The third-order valence-corrected chi connectivity index (χ3v) is 4.18. The van der Waals surface area contributed by atoms with E-state index in [0.29, 0.717) is 19.4 Å². The Labute approximate surface area is 117 Å². The topological polar surface area (TPSA) is 49.8 Å². The van der Waals surface area contributed by atoms with Gasteiger partial charge in [-0.1, -0.05) is 30.3 Å². The van der Waals surface area contributed by atoms with Gasteiger partial charge >= 0.3 is 6.09 Å². The maximum absolute atomic E-state index is 14.2. The van der Waals surface area contributed by atoms with Crippen molar-refractivity contribution >= 4 is 6.09 Å². The molecule has 108 valence electrons. The maximum Gasteiger partial charge on any atom is 0.410 e. The Morgan fingerprint density at radius 3 is 2.65 bits per heavy atom. The van der Waals surface area contributed by atoms with E-state index in [4.69, 9.17) is 4.74 Å². The molecule has 3 aliphatic rings. The summed E-state index contributed by atoms with van der Waals surface area (Å²) in [6.45, 7) is 0.549. The van der Waals surface area contributed by atoms with Crippen LogP contribution in [0.3, 0.4) is 0 Å². The number of hydrogen-bond acceptors (Lipinski definition) is 3. The van der Waals surface area contributed by atoms with Crippen LogP contribution in [0.5, 0.6) is 0 Å². The normalized spacial score (nSPS) is 31.6. The van der Waals surface area contributed by atoms with Crippen LogP contribution in [0.2, 0.25) is 0 Å². The molecule has 2 saturated heterocycles. The lowest BCUT2D eigenvalue weighted by Crippen LogP contribution is -2.67. The molecule has 1 amide bonds. The number of benzene rings is 1. The SMILES string of the molecule is O=C(OCc1ccccc1)N1CC2(F)CC(CO)(C1)C2. The Balaban J connectivity index is 1.58. The van der Waals surface area contributed by atoms with Crippen LogP contribution >= 0.6 is 0 Å². The van der Waals surface area contributed by atoms with Gasteiger partial charge in [0.05, 0.1) is 13.2 Å². The number of hydrogen-bond donors (Lipinski definition) is 1. The van der Waals surface area contributed by atoms with Crippen LogP contribution < -0.4 is 0 Å². The van der Waals surface area contributed by atoms with E-state index in [1.807, 2.05) is 30.3 Å². The van der Waals surface area contributed by atoms with Gasteiger partial charge in [-0.05, 0) is 18.4 Å². The number of aliphatic hydroxyl groups excluding tert-OH is 1. The molecule has 2 heterocycles. The molecule has 1 saturated carbocycles. The molecular weight excluding hydrogens is 261 g/mol. The van der Waals surface area contributed by atoms with E-state index in [1.165, 1.54) is 4.90 Å². The summed E-state index contributed by atoms with van der Waals surface area (Å²) < 4.78 is 19.4. The third-order valence-electron chi connectivity index (χ3n) is 4.18. The minimum atomic E-state index is -1.34. The monoisotopic (exact) mass is 279 g/mol. The average Bonchev–Trinajstić information content (AvgIpc) is 2.44. The first-order valence-electron chi connectivity index (χ1n) is 6.80. The van der Waals surface area contributed by atoms with Gasteiger partial charge in [0, 0.05) is 12.0 Å². The molecule has 4 rings (SSSR count). The zero-order chi connectivity index (χ0) is 14.2. The van der Waals surface area contributed by atoms with Crippen molar-refractivity contribution in [3.05, 3.63) is 35.9 Å². The van der Waals surface area contributed by atoms with E-state index in [-0.39, 0.29) is 19.8 Å². The van der Waals surface area contributed by atoms with Crippen molar-refractivity contribution in [1.29, 1.82) is 0 Å². The summed E-state index contributed by atoms with van der Waals surface area (Å²) in [5.41, 5.74) is -0.902. The van der Waals surface area contributed by atoms with Gasteiger partial charge in [-0.15, -0.1) is 0 Å². The van der Waals surface area contributed by atoms with Crippen molar-refractivity contribution < 1.29 is 19.0 Å². The molecule has 0 spiro atoms. The molecule has 2 bridgehead atoms. The number of carbonyl (C=O) groups is 1. The minimum absolute atomic E-state index is 0.0718. The fraction of sp³-hybridized carbons (Fsp3) is 0.533. The number of amides is 1. The lowest BCUT2D eigenvalue weighted by molar-refractivity contribution is -0.159. The Morgan fingerprint density at radius 2 is 2.00 bits per heavy atom. The number of fused-ring (bicyclic) bond motifs is 2. The van der Waals surface area contributed by atoms with Crippen molar-refractivity contribution in [2.24, 2.45) is 5.41 Å². The zero-order valence-corrected chi connectivity index (χ0v) is 11.2. The van der Waals surface area contributed by atoms with Crippen molar-refractivity contribution in [1.82, 2.24) is 4.90 Å². The molecule has 4 nitrogen and oxygen atoms in total. The van der Waals surface area contributed by atoms with Gasteiger partial charge in [0.25, 0.3) is 0 Å². The van der Waals surface area contributed by atoms with Crippen LogP contribution in [-0.4, -0.2) is 41.5 Å². The summed E-state index contributed by atoms with van der Waals surface area (Å²) in [6.07, 6.45) is 0.186. The summed E-state index contributed by atoms with van der Waals surface area (Å²) in [5.74, 6) is 0. The van der Waals surface area contributed by atoms with Gasteiger partial charge in [0.2, 0.25) is 0 Å². The molecule has 1 N–H and O–H groups in total. The standard InChI is InChI=1S/C15H18FNO3/c16-15-7-14(8-15,11-18)9-17(10-15)13(19)20-6-12-4-2-1-3-5-12/h1-5,18H,6-11H2. The molecule has 1 aromatic rings. The molecular formula is C15H18FNO3. The van der Waals surface area contributed by atoms with Crippen molar-refractivity contribution in [3.8, 4) is 0 Å². The maximum atomic E-state index is 14.2. The first kappa shape index (κ1) is 13.4. The van der Waals surface area contributed by atoms with Gasteiger partial charge in [0.15, 0.2) is 0 Å². The number of aliphatic hydroxyl groups is 1. The predicted octanol–water partition coefficient (Wildman–Crippen LogP) is 2.12. The number of halogens is 1. The van der Waals surface area contributed by atoms with Crippen molar-refractivity contribution in [2.75, 3.05) is 19.7 Å². The van der Waals surface area contributed by atoms with Crippen LogP contribution in [0.25, 0.3) is 0 Å². The highest BCUT2D eigenvalue weighted by Crippen LogP contribution is 2.55. The molecule has 1 aliphatic carbocycles. The number of nitrogens with zero attached hydrogens (tertiary/aromatic N) is 1. The number of ether oxygens (including phenoxy) is 1. The molecule has 2 aliphatic heterocycles. The highest BCUT2D eigenvalue weighted by Gasteiger charge is 2.61. The van der Waals surface area contributed by atoms with Gasteiger partial charge in [-0.3, -0.25) is 0 Å². The molecule has 0 unspecified atom stereocenters. The number of rotatable bonds is 3. The number of alkyl halides is 1. The van der Waals surface area contributed by atoms with Crippen molar-refractivity contribution in [3.63, 3.8) is 0 Å². The second-order valence-electron chi connectivity index (χ2n) is 6.06. The summed E-state index contributed by atoms with van der Waals surface area (Å²) in [7, 11) is 0. The van der Waals surface area contributed by atoms with Crippen molar-refractivity contribution in [2.45, 2.75) is 25.1 Å². The van der Waals surface area contributed by atoms with Crippen LogP contribution in [-0.2, 0) is 11.3 Å². The first-order valence-corrected chi connectivity index (χ1v) is 6.80. The molecule has 20 heavy (non-hydrogen) atoms. The fourth-order valence-corrected chi connectivity index (χ4v) is 3.42. The summed E-state index contributed by atoms with van der Waals surface area (Å²) in [4.78, 5) is 13.4. The molecule has 1 aromatic carbocycles. The Kier molecular flexibility index (Phi) is 3.17. The second kappa shape index (κ2) is 4.74. The summed E-state index contributed by atoms with van der Waals surface area (Å²) in [5, 5.41) is 9.36. The Bertz CT molecular complexity index is 499. The van der Waals surface area contributed by atoms with Gasteiger partial charge in [0.1, 0.15) is 12.3 Å². The molecule has 5 heteroatoms. The van der Waals surface area contributed by atoms with Crippen LogP contribution in [0, 0.1) is 5.41 Å². The first-order chi connectivity index (χ1) is 9.54. The molecule has 3 fully saturated rings. The molecule has 0 aromatic heterocycles. The van der Waals surface area contributed by atoms with Crippen LogP contribution in [0.15, 0.2) is 30.3 Å². The predicted molar refractivity (Wildman–Crippen MR) is 70.8 cm³/mol. The van der Waals surface area contributed by atoms with Crippen LogP contribution in [0.4, 0.5) is 9.18 Å². The summed E-state index contributed by atoms with van der Waals surface area (Å²) in [6, 6.07) is 9.37. The van der Waals surface area contributed by atoms with E-state index < -0.39 is 17.2 Å². The van der Waals surface area contributed by atoms with E-state index in [0.717, 1.165) is 5.56 Å². The van der Waals surface area contributed by atoms with E-state index in [1.54, 1.807) is 0 Å². The van der Waals surface area contributed by atoms with Gasteiger partial charge in [-0.25, -0.2) is 9.18 Å². The number of piperidine rings is 2. The summed E-state index contributed by atoms with van der Waals surface area (Å²) >= 11 is 0. The lowest BCUT2D eigenvalue weighted by atomic mass is 9.57. The number of carbonyl (C=O) groups excluding carboxylic acids is 1. The lowest BCUT2D eigenvalue weighted by Gasteiger charge is -2.58. The van der Waals surface area contributed by atoms with Crippen LogP contribution in [0.1, 0.15) is 18.4 Å². The van der Waals surface area contributed by atoms with E-state index in [9.17, 15) is 14.3 Å². The highest BCUT2D eigenvalue weighted by molar-refractivity contribution is 5.68. The fourth-order valence-electron chi connectivity index (χ4n) is 3.42. The van der Waals surface area contributed by atoms with Gasteiger partial charge in [-0.2, -0.15) is 0 Å². The molecule has 0 radical (unpaired) electrons. The largest absolute Gasteiger partial charge is 0.445 e. The quantitative estimate of drug-likeness (QED) is 0.922. The van der Waals surface area contributed by atoms with E-state index in [2.05, 4.69) is 0 Å². The Hall–Kier alpha value is -1.62. The molecule has 0 atom stereocenters. The highest BCUT2D eigenvalue weighted by atomic mass is 19.1. The van der Waals surface area contributed by atoms with E-state index >= 15 is 0 Å². The van der Waals surface area contributed by atoms with Gasteiger partial charge < -0.3 is 14.7 Å². The Morgan fingerprint density at radius 1 is 1.30 bits per heavy atom. The smallest absolute Gasteiger partial charge is 0.410 e. The second-order valence-corrected chi connectivity index (χ2v) is 6.06.